The molecule has 0 bridgehead atoms. The molecular weight excluding hydrogens is 611 g/mol. The topological polar surface area (TPSA) is 61.8 Å². The second-order valence-electron chi connectivity index (χ2n) is 12.2. The molecule has 0 saturated heterocycles. The first kappa shape index (κ1) is 28.8. The molecule has 0 N–H and O–H groups in total. The normalized spacial score (nSPS) is 11.1. The van der Waals surface area contributed by atoms with Crippen molar-refractivity contribution in [2.45, 2.75) is 0 Å². The van der Waals surface area contributed by atoms with Crippen LogP contribution in [0.1, 0.15) is 11.1 Å². The lowest BCUT2D eigenvalue weighted by Crippen LogP contribution is -2.00. The minimum Gasteiger partial charge on any atom is -0.310 e. The predicted octanol–water partition coefficient (Wildman–Crippen LogP) is 11.5. The van der Waals surface area contributed by atoms with Crippen LogP contribution < -0.4 is 0 Å². The van der Waals surface area contributed by atoms with E-state index in [4.69, 9.17) is 6.57 Å². The SMILES string of the molecule is [C-]#[N+]c1cccc2c1c1ccccc1n2-c1cccc(C#N)c1-c1ccccc1-c1cccc(-n2c3ccccc3c3cc(C#N)ccc32)c1. The molecule has 0 saturated carbocycles. The Kier molecular flexibility index (Phi) is 6.56. The van der Waals surface area contributed by atoms with Gasteiger partial charge in [-0.1, -0.05) is 91.0 Å². The smallest absolute Gasteiger partial charge is 0.197 e. The number of hydrogen-bond donors (Lipinski definition) is 0. The number of fused-ring (bicyclic) bond motifs is 6. The molecule has 0 aliphatic rings. The van der Waals surface area contributed by atoms with Crippen molar-refractivity contribution in [1.82, 2.24) is 9.13 Å². The number of benzene rings is 7. The van der Waals surface area contributed by atoms with Crippen LogP contribution in [0.2, 0.25) is 0 Å². The van der Waals surface area contributed by atoms with Gasteiger partial charge < -0.3 is 9.13 Å². The fourth-order valence-electron chi connectivity index (χ4n) is 7.54. The minimum atomic E-state index is 0.564. The third kappa shape index (κ3) is 4.24. The van der Waals surface area contributed by atoms with Crippen molar-refractivity contribution >= 4 is 49.3 Å². The first-order valence-electron chi connectivity index (χ1n) is 16.3. The summed E-state index contributed by atoms with van der Waals surface area (Å²) in [6.45, 7) is 7.91. The molecule has 9 aromatic rings. The minimum absolute atomic E-state index is 0.564. The van der Waals surface area contributed by atoms with Crippen molar-refractivity contribution in [3.8, 4) is 45.8 Å². The zero-order chi connectivity index (χ0) is 33.8. The molecule has 2 heterocycles. The summed E-state index contributed by atoms with van der Waals surface area (Å²) >= 11 is 0. The molecule has 5 heteroatoms. The van der Waals surface area contributed by atoms with Gasteiger partial charge in [0.2, 0.25) is 0 Å². The molecular formula is C45H25N5. The summed E-state index contributed by atoms with van der Waals surface area (Å²) in [7, 11) is 0. The molecule has 5 nitrogen and oxygen atoms in total. The Balaban J connectivity index is 1.30. The lowest BCUT2D eigenvalue weighted by atomic mass is 9.90. The molecule has 230 valence electrons. The molecule has 0 aliphatic heterocycles. The van der Waals surface area contributed by atoms with Gasteiger partial charge in [-0.25, -0.2) is 4.85 Å². The zero-order valence-corrected chi connectivity index (χ0v) is 26.7. The van der Waals surface area contributed by atoms with E-state index in [1.807, 2.05) is 84.9 Å². The van der Waals surface area contributed by atoms with Gasteiger partial charge in [0, 0.05) is 32.9 Å². The summed E-state index contributed by atoms with van der Waals surface area (Å²) < 4.78 is 4.44. The Bertz CT molecular complexity index is 2970. The van der Waals surface area contributed by atoms with Gasteiger partial charge in [0.25, 0.3) is 0 Å². The highest BCUT2D eigenvalue weighted by atomic mass is 15.0. The molecule has 0 amide bonds. The van der Waals surface area contributed by atoms with Gasteiger partial charge in [0.15, 0.2) is 5.69 Å². The van der Waals surface area contributed by atoms with E-state index in [0.717, 1.165) is 77.2 Å². The van der Waals surface area contributed by atoms with Crippen LogP contribution in [0.15, 0.2) is 152 Å². The molecule has 2 aromatic heterocycles. The zero-order valence-electron chi connectivity index (χ0n) is 26.7. The Morgan fingerprint density at radius 2 is 1.20 bits per heavy atom. The molecule has 0 fully saturated rings. The lowest BCUT2D eigenvalue weighted by Gasteiger charge is -2.19. The molecule has 0 aliphatic carbocycles. The van der Waals surface area contributed by atoms with Crippen LogP contribution in [0, 0.1) is 29.2 Å². The largest absolute Gasteiger partial charge is 0.310 e. The quantitative estimate of drug-likeness (QED) is 0.181. The van der Waals surface area contributed by atoms with Crippen molar-refractivity contribution in [2.24, 2.45) is 0 Å². The number of hydrogen-bond acceptors (Lipinski definition) is 2. The fraction of sp³-hybridized carbons (Fsp3) is 0. The van der Waals surface area contributed by atoms with E-state index in [1.165, 1.54) is 0 Å². The number of aromatic nitrogens is 2. The second kappa shape index (κ2) is 11.4. The monoisotopic (exact) mass is 635 g/mol. The van der Waals surface area contributed by atoms with Crippen LogP contribution in [0.4, 0.5) is 5.69 Å². The predicted molar refractivity (Wildman–Crippen MR) is 202 cm³/mol. The Hall–Kier alpha value is -7.39. The van der Waals surface area contributed by atoms with Crippen molar-refractivity contribution in [3.63, 3.8) is 0 Å². The van der Waals surface area contributed by atoms with E-state index >= 15 is 0 Å². The van der Waals surface area contributed by atoms with Crippen LogP contribution in [0.3, 0.4) is 0 Å². The van der Waals surface area contributed by atoms with Gasteiger partial charge in [0.1, 0.15) is 0 Å². The Morgan fingerprint density at radius 1 is 0.520 bits per heavy atom. The van der Waals surface area contributed by atoms with Crippen LogP contribution >= 0.6 is 0 Å². The molecule has 9 rings (SSSR count). The highest BCUT2D eigenvalue weighted by molar-refractivity contribution is 6.16. The van der Waals surface area contributed by atoms with Gasteiger partial charge in [-0.15, -0.1) is 0 Å². The highest BCUT2D eigenvalue weighted by Crippen LogP contribution is 2.43. The van der Waals surface area contributed by atoms with Gasteiger partial charge in [0.05, 0.1) is 52.1 Å². The second-order valence-corrected chi connectivity index (χ2v) is 12.2. The van der Waals surface area contributed by atoms with Crippen LogP contribution in [-0.2, 0) is 0 Å². The summed E-state index contributed by atoms with van der Waals surface area (Å²) in [4.78, 5) is 3.87. The molecule has 0 atom stereocenters. The lowest BCUT2D eigenvalue weighted by molar-refractivity contribution is 1.18. The summed E-state index contributed by atoms with van der Waals surface area (Å²) in [5.74, 6) is 0. The molecule has 0 radical (unpaired) electrons. The van der Waals surface area contributed by atoms with Crippen LogP contribution in [0.25, 0.3) is 82.1 Å². The van der Waals surface area contributed by atoms with E-state index in [2.05, 4.69) is 92.8 Å². The number of rotatable bonds is 4. The molecule has 0 spiro atoms. The third-order valence-electron chi connectivity index (χ3n) is 9.61. The van der Waals surface area contributed by atoms with Gasteiger partial charge in [-0.05, 0) is 82.7 Å². The van der Waals surface area contributed by atoms with Gasteiger partial charge >= 0.3 is 0 Å². The van der Waals surface area contributed by atoms with E-state index in [0.29, 0.717) is 16.8 Å². The Labute approximate surface area is 288 Å². The third-order valence-corrected chi connectivity index (χ3v) is 9.61. The van der Waals surface area contributed by atoms with Crippen LogP contribution in [-0.4, -0.2) is 9.13 Å². The number of para-hydroxylation sites is 2. The summed E-state index contributed by atoms with van der Waals surface area (Å²) in [5.41, 5.74) is 11.4. The summed E-state index contributed by atoms with van der Waals surface area (Å²) in [5, 5.41) is 24.2. The van der Waals surface area contributed by atoms with Crippen molar-refractivity contribution in [1.29, 1.82) is 10.5 Å². The van der Waals surface area contributed by atoms with E-state index in [1.54, 1.807) is 0 Å². The Morgan fingerprint density at radius 3 is 2.00 bits per heavy atom. The molecule has 50 heavy (non-hydrogen) atoms. The maximum atomic E-state index is 10.6. The van der Waals surface area contributed by atoms with Crippen LogP contribution in [0.5, 0.6) is 0 Å². The average molecular weight is 636 g/mol. The summed E-state index contributed by atoms with van der Waals surface area (Å²) in [6.07, 6.45) is 0. The summed E-state index contributed by atoms with van der Waals surface area (Å²) in [6, 6.07) is 55.5. The highest BCUT2D eigenvalue weighted by Gasteiger charge is 2.22. The maximum absolute atomic E-state index is 10.6. The average Bonchev–Trinajstić information content (AvgIpc) is 3.70. The first-order valence-corrected chi connectivity index (χ1v) is 16.3. The number of nitrogens with zero attached hydrogens (tertiary/aromatic N) is 5. The fourth-order valence-corrected chi connectivity index (χ4v) is 7.54. The van der Waals surface area contributed by atoms with Gasteiger partial charge in [-0.2, -0.15) is 10.5 Å². The first-order chi connectivity index (χ1) is 24.7. The maximum Gasteiger partial charge on any atom is 0.197 e. The molecule has 7 aromatic carbocycles. The van der Waals surface area contributed by atoms with Crippen molar-refractivity contribution in [2.75, 3.05) is 0 Å². The van der Waals surface area contributed by atoms with E-state index in [-0.39, 0.29) is 0 Å². The van der Waals surface area contributed by atoms with Crippen molar-refractivity contribution in [3.05, 3.63) is 174 Å². The van der Waals surface area contributed by atoms with Gasteiger partial charge in [-0.3, -0.25) is 0 Å². The molecule has 0 unspecified atom stereocenters. The standard InChI is InChI=1S/C45H25N5/c1-48-38-18-10-22-43-45(38)36-17-5-7-20-40(36)50(43)42-21-9-12-31(28-47)44(42)35-16-3-2-14-33(35)30-11-8-13-32(26-30)49-39-19-6-4-15-34(39)37-25-29(27-46)23-24-41(37)49/h2-26H. The van der Waals surface area contributed by atoms with E-state index < -0.39 is 0 Å². The van der Waals surface area contributed by atoms with E-state index in [9.17, 15) is 10.5 Å². The number of nitriles is 2. The van der Waals surface area contributed by atoms with Crippen molar-refractivity contribution < 1.29 is 0 Å².